The van der Waals surface area contributed by atoms with Crippen LogP contribution in [0, 0.1) is 0 Å². The molecular weight excluding hydrogens is 144 g/mol. The third-order valence-corrected chi connectivity index (χ3v) is 1.49. The van der Waals surface area contributed by atoms with E-state index in [1.54, 1.807) is 6.92 Å². The molecule has 0 spiro atoms. The van der Waals surface area contributed by atoms with Crippen molar-refractivity contribution in [2.45, 2.75) is 19.1 Å². The lowest BCUT2D eigenvalue weighted by Gasteiger charge is -2.15. The monoisotopic (exact) mass is 154 g/mol. The Hall–Kier alpha value is -1.09. The molecule has 1 N–H and O–H groups in total. The zero-order chi connectivity index (χ0) is 8.43. The van der Waals surface area contributed by atoms with Gasteiger partial charge in [-0.2, -0.15) is 0 Å². The molecule has 1 aliphatic heterocycles. The molecule has 0 amide bonds. The average Bonchev–Trinajstić information content (AvgIpc) is 2.34. The highest BCUT2D eigenvalue weighted by Crippen LogP contribution is 2.13. The van der Waals surface area contributed by atoms with Gasteiger partial charge in [-0.25, -0.2) is 4.79 Å². The van der Waals surface area contributed by atoms with E-state index in [0.29, 0.717) is 5.57 Å². The molecule has 1 rings (SSSR count). The molecule has 0 bridgehead atoms. The van der Waals surface area contributed by atoms with E-state index in [4.69, 9.17) is 4.74 Å². The third-order valence-electron chi connectivity index (χ3n) is 1.49. The van der Waals surface area contributed by atoms with Crippen molar-refractivity contribution < 1.29 is 14.6 Å². The van der Waals surface area contributed by atoms with Crippen LogP contribution in [0.3, 0.4) is 0 Å². The van der Waals surface area contributed by atoms with Gasteiger partial charge in [0.2, 0.25) is 0 Å². The molecule has 3 heteroatoms. The molecule has 0 aliphatic carbocycles. The molecule has 0 saturated carbocycles. The molecule has 0 unspecified atom stereocenters. The molecule has 1 aliphatic rings. The van der Waals surface area contributed by atoms with Crippen molar-refractivity contribution in [1.29, 1.82) is 0 Å². The van der Waals surface area contributed by atoms with Gasteiger partial charge in [-0.05, 0) is 18.6 Å². The maximum Gasteiger partial charge on any atom is 0.331 e. The number of hydrogen-bond donors (Lipinski definition) is 1. The Kier molecular flexibility index (Phi) is 2.10. The lowest BCUT2D eigenvalue weighted by atomic mass is 10.1. The zero-order valence-corrected chi connectivity index (χ0v) is 6.28. The first-order valence-electron chi connectivity index (χ1n) is 3.33. The quantitative estimate of drug-likeness (QED) is 0.462. The molecule has 60 valence electrons. The minimum Gasteiger partial charge on any atom is -0.452 e. The number of carbonyl (C=O) groups excluding carboxylic acids is 1. The topological polar surface area (TPSA) is 46.5 Å². The standard InChI is InChI=1S/C8H10O3/c1-5(2)8(10)6-3-4-7(9)11-6/h3-4,6,8,10H,1H2,2H3/t6-,8-/m1/s1. The number of ether oxygens (including phenoxy) is 1. The van der Waals surface area contributed by atoms with Crippen molar-refractivity contribution in [3.05, 3.63) is 24.3 Å². The van der Waals surface area contributed by atoms with Crippen LogP contribution in [0.5, 0.6) is 0 Å². The third kappa shape index (κ3) is 1.68. The molecule has 0 aromatic carbocycles. The predicted octanol–water partition coefficient (Wildman–Crippen LogP) is 0.405. The summed E-state index contributed by atoms with van der Waals surface area (Å²) in [4.78, 5) is 10.5. The minimum atomic E-state index is -0.780. The van der Waals surface area contributed by atoms with Crippen LogP contribution in [0.25, 0.3) is 0 Å². The van der Waals surface area contributed by atoms with Gasteiger partial charge in [0.25, 0.3) is 0 Å². The van der Waals surface area contributed by atoms with Gasteiger partial charge in [0.05, 0.1) is 0 Å². The Labute approximate surface area is 65.0 Å². The van der Waals surface area contributed by atoms with E-state index in [-0.39, 0.29) is 0 Å². The second-order valence-corrected chi connectivity index (χ2v) is 2.55. The van der Waals surface area contributed by atoms with Crippen LogP contribution < -0.4 is 0 Å². The molecule has 3 nitrogen and oxygen atoms in total. The maximum atomic E-state index is 10.5. The van der Waals surface area contributed by atoms with Crippen LogP contribution in [-0.4, -0.2) is 23.3 Å². The van der Waals surface area contributed by atoms with Crippen molar-refractivity contribution in [3.63, 3.8) is 0 Å². The summed E-state index contributed by atoms with van der Waals surface area (Å²) in [5, 5.41) is 9.32. The molecule has 0 saturated heterocycles. The van der Waals surface area contributed by atoms with E-state index in [1.807, 2.05) is 0 Å². The van der Waals surface area contributed by atoms with E-state index in [2.05, 4.69) is 6.58 Å². The summed E-state index contributed by atoms with van der Waals surface area (Å²) in [6.45, 7) is 5.23. The highest BCUT2D eigenvalue weighted by molar-refractivity contribution is 5.84. The fourth-order valence-electron chi connectivity index (χ4n) is 0.836. The molecule has 1 heterocycles. The van der Waals surface area contributed by atoms with Crippen molar-refractivity contribution in [3.8, 4) is 0 Å². The molecule has 0 aromatic rings. The van der Waals surface area contributed by atoms with Crippen LogP contribution in [0.1, 0.15) is 6.92 Å². The average molecular weight is 154 g/mol. The van der Waals surface area contributed by atoms with Crippen molar-refractivity contribution in [2.24, 2.45) is 0 Å². The first-order chi connectivity index (χ1) is 5.11. The van der Waals surface area contributed by atoms with E-state index in [0.717, 1.165) is 0 Å². The first-order valence-corrected chi connectivity index (χ1v) is 3.33. The second-order valence-electron chi connectivity index (χ2n) is 2.55. The zero-order valence-electron chi connectivity index (χ0n) is 6.28. The lowest BCUT2D eigenvalue weighted by molar-refractivity contribution is -0.141. The van der Waals surface area contributed by atoms with Crippen LogP contribution in [0.2, 0.25) is 0 Å². The summed E-state index contributed by atoms with van der Waals surface area (Å²) in [5.41, 5.74) is 0.592. The van der Waals surface area contributed by atoms with Gasteiger partial charge in [0.1, 0.15) is 6.10 Å². The van der Waals surface area contributed by atoms with Crippen LogP contribution in [0.15, 0.2) is 24.3 Å². The lowest BCUT2D eigenvalue weighted by Crippen LogP contribution is -2.26. The van der Waals surface area contributed by atoms with E-state index >= 15 is 0 Å². The Bertz CT molecular complexity index is 217. The van der Waals surface area contributed by atoms with Gasteiger partial charge in [-0.1, -0.05) is 6.58 Å². The smallest absolute Gasteiger partial charge is 0.331 e. The van der Waals surface area contributed by atoms with Gasteiger partial charge >= 0.3 is 5.97 Å². The maximum absolute atomic E-state index is 10.5. The van der Waals surface area contributed by atoms with Gasteiger partial charge < -0.3 is 9.84 Å². The van der Waals surface area contributed by atoms with Crippen molar-refractivity contribution >= 4 is 5.97 Å². The number of rotatable bonds is 2. The van der Waals surface area contributed by atoms with E-state index in [9.17, 15) is 9.90 Å². The fraction of sp³-hybridized carbons (Fsp3) is 0.375. The van der Waals surface area contributed by atoms with Crippen molar-refractivity contribution in [1.82, 2.24) is 0 Å². The summed E-state index contributed by atoms with van der Waals surface area (Å²) < 4.78 is 4.72. The van der Waals surface area contributed by atoms with E-state index in [1.165, 1.54) is 12.2 Å². The van der Waals surface area contributed by atoms with Crippen LogP contribution >= 0.6 is 0 Å². The molecule has 0 radical (unpaired) electrons. The molecule has 0 fully saturated rings. The number of carbonyl (C=O) groups is 1. The van der Waals surface area contributed by atoms with Gasteiger partial charge in [-0.15, -0.1) is 0 Å². The number of cyclic esters (lactones) is 1. The summed E-state index contributed by atoms with van der Waals surface area (Å²) in [6, 6.07) is 0. The van der Waals surface area contributed by atoms with E-state index < -0.39 is 18.2 Å². The summed E-state index contributed by atoms with van der Waals surface area (Å²) in [6.07, 6.45) is 1.51. The number of aliphatic hydroxyl groups is 1. The predicted molar refractivity (Wildman–Crippen MR) is 39.8 cm³/mol. The Morgan fingerprint density at radius 1 is 1.91 bits per heavy atom. The Morgan fingerprint density at radius 3 is 2.91 bits per heavy atom. The highest BCUT2D eigenvalue weighted by atomic mass is 16.6. The molecular formula is C8H10O3. The number of hydrogen-bond acceptors (Lipinski definition) is 3. The number of esters is 1. The largest absolute Gasteiger partial charge is 0.452 e. The second kappa shape index (κ2) is 2.88. The summed E-state index contributed by atoms with van der Waals surface area (Å²) in [7, 11) is 0. The van der Waals surface area contributed by atoms with Gasteiger partial charge in [0, 0.05) is 6.08 Å². The number of aliphatic hydroxyl groups excluding tert-OH is 1. The first kappa shape index (κ1) is 8.01. The van der Waals surface area contributed by atoms with Crippen LogP contribution in [-0.2, 0) is 9.53 Å². The Morgan fingerprint density at radius 2 is 2.55 bits per heavy atom. The molecule has 0 aromatic heterocycles. The molecule has 2 atom stereocenters. The minimum absolute atomic E-state index is 0.407. The fourth-order valence-corrected chi connectivity index (χ4v) is 0.836. The molecule has 11 heavy (non-hydrogen) atoms. The Balaban J connectivity index is 2.57. The summed E-state index contributed by atoms with van der Waals surface area (Å²) in [5.74, 6) is -0.407. The van der Waals surface area contributed by atoms with Crippen LogP contribution in [0.4, 0.5) is 0 Å². The van der Waals surface area contributed by atoms with Crippen molar-refractivity contribution in [2.75, 3.05) is 0 Å². The van der Waals surface area contributed by atoms with Gasteiger partial charge in [-0.3, -0.25) is 0 Å². The summed E-state index contributed by atoms with van der Waals surface area (Å²) >= 11 is 0. The van der Waals surface area contributed by atoms with Gasteiger partial charge in [0.15, 0.2) is 6.10 Å². The SMILES string of the molecule is C=C(C)[C@@H](O)[C@H]1C=CC(=O)O1. The normalized spacial score (nSPS) is 24.9. The highest BCUT2D eigenvalue weighted by Gasteiger charge is 2.24.